The second kappa shape index (κ2) is 20.5. The molecule has 2 heterocycles. The van der Waals surface area contributed by atoms with Gasteiger partial charge < -0.3 is 28.3 Å². The standard InChI is InChI=1S/C45H82N2O7Si2/c1-34(33-51-55(11,12)43(4,5)6)20-19-21-35(2)41-36(3)24-25-39(52-42(49)47-30-28-46(29-31-47)37-22-17-15-16-18-23-37)45(10,50)27-26-38(32-40(48)53-41)54-56(13,14)44(7,8)9/h19-21,24-25,34,36-39,41,50H,15-18,22-23,26-33H2,1-14H3/t34-,36+,38-,39+,41-,45-/m1/s1. The van der Waals surface area contributed by atoms with Crippen LogP contribution in [0.3, 0.4) is 0 Å². The molecule has 0 unspecified atom stereocenters. The summed E-state index contributed by atoms with van der Waals surface area (Å²) in [5, 5.41) is 12.2. The molecular formula is C45H82N2O7Si2. The molecule has 11 heteroatoms. The maximum Gasteiger partial charge on any atom is 0.410 e. The van der Waals surface area contributed by atoms with E-state index in [0.29, 0.717) is 32.2 Å². The molecule has 2 fully saturated rings. The number of hydrogen-bond donors (Lipinski definition) is 1. The highest BCUT2D eigenvalue weighted by Crippen LogP contribution is 2.39. The lowest BCUT2D eigenvalue weighted by Gasteiger charge is -2.41. The topological polar surface area (TPSA) is 97.8 Å². The second-order valence-electron chi connectivity index (χ2n) is 20.6. The number of esters is 1. The van der Waals surface area contributed by atoms with Gasteiger partial charge in [0.2, 0.25) is 0 Å². The third-order valence-corrected chi connectivity index (χ3v) is 22.5. The molecule has 1 N–H and O–H groups in total. The first kappa shape index (κ1) is 48.6. The Balaban J connectivity index is 1.85. The highest BCUT2D eigenvalue weighted by Gasteiger charge is 2.42. The van der Waals surface area contributed by atoms with Gasteiger partial charge in [0.25, 0.3) is 0 Å². The van der Waals surface area contributed by atoms with E-state index in [-0.39, 0.29) is 40.7 Å². The van der Waals surface area contributed by atoms with Crippen LogP contribution < -0.4 is 0 Å². The van der Waals surface area contributed by atoms with Crippen LogP contribution in [0.4, 0.5) is 4.79 Å². The zero-order valence-corrected chi connectivity index (χ0v) is 40.0. The molecule has 2 aliphatic heterocycles. The van der Waals surface area contributed by atoms with Crippen molar-refractivity contribution in [3.05, 3.63) is 36.0 Å². The lowest BCUT2D eigenvalue weighted by molar-refractivity contribution is -0.151. The number of nitrogens with zero attached hydrogens (tertiary/aromatic N) is 2. The summed E-state index contributed by atoms with van der Waals surface area (Å²) in [7, 11) is -4.14. The number of cyclic esters (lactones) is 1. The smallest absolute Gasteiger partial charge is 0.410 e. The summed E-state index contributed by atoms with van der Waals surface area (Å²) in [6.45, 7) is 33.6. The average molecular weight is 819 g/mol. The molecule has 56 heavy (non-hydrogen) atoms. The van der Waals surface area contributed by atoms with Crippen LogP contribution in [0.25, 0.3) is 0 Å². The Kier molecular flexibility index (Phi) is 17.8. The highest BCUT2D eigenvalue weighted by molar-refractivity contribution is 6.74. The van der Waals surface area contributed by atoms with E-state index in [4.69, 9.17) is 18.3 Å². The fourth-order valence-electron chi connectivity index (χ4n) is 7.31. The third-order valence-electron chi connectivity index (χ3n) is 13.5. The highest BCUT2D eigenvalue weighted by atomic mass is 28.4. The quantitative estimate of drug-likeness (QED) is 0.0765. The number of piperazine rings is 1. The third kappa shape index (κ3) is 14.5. The van der Waals surface area contributed by atoms with Crippen molar-refractivity contribution in [1.82, 2.24) is 9.80 Å². The molecule has 1 saturated carbocycles. The van der Waals surface area contributed by atoms with Crippen LogP contribution in [-0.2, 0) is 23.1 Å². The number of allylic oxidation sites excluding steroid dienone is 2. The molecule has 0 aromatic heterocycles. The van der Waals surface area contributed by atoms with Crippen molar-refractivity contribution in [1.29, 1.82) is 0 Å². The monoisotopic (exact) mass is 819 g/mol. The number of ether oxygens (including phenoxy) is 2. The second-order valence-corrected chi connectivity index (χ2v) is 30.1. The van der Waals surface area contributed by atoms with Crippen LogP contribution in [-0.4, -0.2) is 106 Å². The Bertz CT molecular complexity index is 1350. The van der Waals surface area contributed by atoms with Gasteiger partial charge in [-0.1, -0.05) is 105 Å². The van der Waals surface area contributed by atoms with Crippen molar-refractivity contribution in [2.75, 3.05) is 32.8 Å². The fraction of sp³-hybridized carbons (Fsp3) is 0.822. The average Bonchev–Trinajstić information content (AvgIpc) is 3.38. The summed E-state index contributed by atoms with van der Waals surface area (Å²) in [6.07, 6.45) is 16.1. The molecule has 0 aromatic carbocycles. The number of amides is 1. The van der Waals surface area contributed by atoms with E-state index >= 15 is 0 Å². The summed E-state index contributed by atoms with van der Waals surface area (Å²) < 4.78 is 25.8. The molecule has 3 aliphatic rings. The van der Waals surface area contributed by atoms with Gasteiger partial charge in [-0.05, 0) is 93.4 Å². The van der Waals surface area contributed by atoms with E-state index in [1.54, 1.807) is 17.9 Å². The summed E-state index contributed by atoms with van der Waals surface area (Å²) in [5.74, 6) is -0.365. The number of hydrogen-bond acceptors (Lipinski definition) is 8. The van der Waals surface area contributed by atoms with Crippen LogP contribution >= 0.6 is 0 Å². The van der Waals surface area contributed by atoms with Crippen LogP contribution in [0.1, 0.15) is 127 Å². The minimum atomic E-state index is -2.28. The lowest BCUT2D eigenvalue weighted by Crippen LogP contribution is -2.53. The predicted octanol–water partition coefficient (Wildman–Crippen LogP) is 10.4. The van der Waals surface area contributed by atoms with Gasteiger partial charge in [0.15, 0.2) is 22.7 Å². The predicted molar refractivity (Wildman–Crippen MR) is 235 cm³/mol. The Labute approximate surface area is 344 Å². The zero-order valence-electron chi connectivity index (χ0n) is 38.0. The molecule has 0 bridgehead atoms. The first-order chi connectivity index (χ1) is 25.8. The first-order valence-electron chi connectivity index (χ1n) is 21.8. The van der Waals surface area contributed by atoms with Crippen molar-refractivity contribution < 1.29 is 33.0 Å². The van der Waals surface area contributed by atoms with Gasteiger partial charge in [0.1, 0.15) is 11.7 Å². The molecule has 6 atom stereocenters. The van der Waals surface area contributed by atoms with E-state index < -0.39 is 46.6 Å². The Morgan fingerprint density at radius 1 is 0.964 bits per heavy atom. The first-order valence-corrected chi connectivity index (χ1v) is 27.6. The summed E-state index contributed by atoms with van der Waals surface area (Å²) in [4.78, 5) is 31.9. The molecular weight excluding hydrogens is 737 g/mol. The van der Waals surface area contributed by atoms with Crippen molar-refractivity contribution in [3.63, 3.8) is 0 Å². The van der Waals surface area contributed by atoms with Crippen molar-refractivity contribution in [2.45, 2.75) is 193 Å². The van der Waals surface area contributed by atoms with Crippen LogP contribution in [0.15, 0.2) is 36.0 Å². The van der Waals surface area contributed by atoms with Gasteiger partial charge in [-0.3, -0.25) is 9.69 Å². The zero-order chi connectivity index (χ0) is 42.1. The Hall–Kier alpha value is -1.77. The minimum Gasteiger partial charge on any atom is -0.457 e. The molecule has 3 rings (SSSR count). The van der Waals surface area contributed by atoms with E-state index in [9.17, 15) is 14.7 Å². The summed E-state index contributed by atoms with van der Waals surface area (Å²) >= 11 is 0. The van der Waals surface area contributed by atoms with Crippen LogP contribution in [0.2, 0.25) is 36.3 Å². The normalized spacial score (nSPS) is 28.7. The molecule has 9 nitrogen and oxygen atoms in total. The van der Waals surface area contributed by atoms with E-state index in [1.165, 1.54) is 38.5 Å². The Morgan fingerprint density at radius 2 is 1.55 bits per heavy atom. The molecule has 0 aromatic rings. The van der Waals surface area contributed by atoms with Crippen molar-refractivity contribution in [3.8, 4) is 0 Å². The molecule has 0 radical (unpaired) electrons. The van der Waals surface area contributed by atoms with Gasteiger partial charge >= 0.3 is 12.1 Å². The van der Waals surface area contributed by atoms with Crippen molar-refractivity contribution in [2.24, 2.45) is 11.8 Å². The summed E-state index contributed by atoms with van der Waals surface area (Å²) in [6, 6.07) is 0.605. The SMILES string of the molecule is CC(=CC=C[C@@H](C)CO[Si](C)(C)C(C)(C)C)[C@H]1OC(=O)C[C@H](O[Si](C)(C)C(C)(C)C)CC[C@@](C)(O)[C@@H](OC(=O)N2CCN(C3CCCCCC3)CC2)C=C[C@@H]1C. The number of rotatable bonds is 10. The van der Waals surface area contributed by atoms with E-state index in [0.717, 1.165) is 18.7 Å². The van der Waals surface area contributed by atoms with Gasteiger partial charge in [0, 0.05) is 44.7 Å². The number of carbonyl (C=O) groups excluding carboxylic acids is 2. The lowest BCUT2D eigenvalue weighted by atomic mass is 9.88. The number of aliphatic hydroxyl groups is 1. The van der Waals surface area contributed by atoms with Gasteiger partial charge in [0.05, 0.1) is 12.5 Å². The fourth-order valence-corrected chi connectivity index (χ4v) is 9.81. The molecule has 0 spiro atoms. The van der Waals surface area contributed by atoms with Gasteiger partial charge in [-0.2, -0.15) is 0 Å². The van der Waals surface area contributed by atoms with Crippen molar-refractivity contribution >= 4 is 28.7 Å². The van der Waals surface area contributed by atoms with E-state index in [1.807, 2.05) is 32.1 Å². The molecule has 1 amide bonds. The van der Waals surface area contributed by atoms with Gasteiger partial charge in [-0.15, -0.1) is 0 Å². The Morgan fingerprint density at radius 3 is 2.12 bits per heavy atom. The molecule has 322 valence electrons. The maximum absolute atomic E-state index is 13.8. The van der Waals surface area contributed by atoms with Gasteiger partial charge in [-0.25, -0.2) is 4.79 Å². The summed E-state index contributed by atoms with van der Waals surface area (Å²) in [5.41, 5.74) is -0.493. The van der Waals surface area contributed by atoms with Crippen LogP contribution in [0.5, 0.6) is 0 Å². The molecule has 1 aliphatic carbocycles. The largest absolute Gasteiger partial charge is 0.457 e. The van der Waals surface area contributed by atoms with E-state index in [2.05, 4.69) is 85.6 Å². The minimum absolute atomic E-state index is 0.0697. The van der Waals surface area contributed by atoms with Crippen LogP contribution in [0, 0.1) is 11.8 Å². The number of carbonyl (C=O) groups is 2. The maximum atomic E-state index is 13.8. The molecule has 1 saturated heterocycles.